The van der Waals surface area contributed by atoms with Crippen LogP contribution in [0, 0.1) is 5.92 Å². The zero-order valence-corrected chi connectivity index (χ0v) is 24.8. The molecule has 1 rings (SSSR count). The van der Waals surface area contributed by atoms with E-state index in [4.69, 9.17) is 11.6 Å². The van der Waals surface area contributed by atoms with E-state index in [1.807, 2.05) is 13.8 Å². The maximum Gasteiger partial charge on any atom is 0.306 e. The Morgan fingerprint density at radius 1 is 0.850 bits per heavy atom. The van der Waals surface area contributed by atoms with Crippen LogP contribution in [0.4, 0.5) is 0 Å². The third-order valence-electron chi connectivity index (χ3n) is 6.42. The van der Waals surface area contributed by atoms with Gasteiger partial charge in [-0.2, -0.15) is 0 Å². The van der Waals surface area contributed by atoms with Crippen LogP contribution in [0.25, 0.3) is 0 Å². The molecule has 5 amide bonds. The van der Waals surface area contributed by atoms with E-state index in [0.29, 0.717) is 25.8 Å². The summed E-state index contributed by atoms with van der Waals surface area (Å²) >= 11 is 5.70. The van der Waals surface area contributed by atoms with Gasteiger partial charge in [0, 0.05) is 13.0 Å². The molecule has 0 spiro atoms. The predicted molar refractivity (Wildman–Crippen MR) is 146 cm³/mol. The van der Waals surface area contributed by atoms with Gasteiger partial charge in [-0.15, -0.1) is 11.6 Å². The normalized spacial score (nSPS) is 17.7. The van der Waals surface area contributed by atoms with Crippen LogP contribution in [0.5, 0.6) is 0 Å². The van der Waals surface area contributed by atoms with E-state index < -0.39 is 65.7 Å². The van der Waals surface area contributed by atoms with E-state index in [0.717, 1.165) is 0 Å². The zero-order chi connectivity index (χ0) is 30.6. The minimum atomic E-state index is -1.03. The number of nitrogens with one attached hydrogen (secondary N) is 4. The lowest BCUT2D eigenvalue weighted by Crippen LogP contribution is -2.57. The molecule has 1 saturated heterocycles. The van der Waals surface area contributed by atoms with Crippen molar-refractivity contribution < 1.29 is 38.3 Å². The van der Waals surface area contributed by atoms with Crippen LogP contribution in [-0.4, -0.2) is 95.9 Å². The highest BCUT2D eigenvalue weighted by Crippen LogP contribution is 2.19. The van der Waals surface area contributed by atoms with Crippen LogP contribution in [-0.2, 0) is 38.3 Å². The molecule has 1 aliphatic heterocycles. The molecule has 40 heavy (non-hydrogen) atoms. The number of halogens is 1. The van der Waals surface area contributed by atoms with Crippen molar-refractivity contribution in [2.24, 2.45) is 5.92 Å². The number of hydrogen-bond acceptors (Lipinski definition) is 8. The number of ketones is 1. The van der Waals surface area contributed by atoms with Crippen LogP contribution < -0.4 is 21.3 Å². The fourth-order valence-electron chi connectivity index (χ4n) is 4.16. The summed E-state index contributed by atoms with van der Waals surface area (Å²) in [6.45, 7) is 8.48. The molecule has 14 heteroatoms. The highest BCUT2D eigenvalue weighted by atomic mass is 35.5. The lowest BCUT2D eigenvalue weighted by molar-refractivity contribution is -0.142. The van der Waals surface area contributed by atoms with Gasteiger partial charge in [0.1, 0.15) is 24.2 Å². The third-order valence-corrected chi connectivity index (χ3v) is 6.68. The number of carbonyl (C=O) groups is 7. The number of hydrogen-bond donors (Lipinski definition) is 4. The standard InChI is InChI=1S/C26H42ClN5O8/c1-14(2)12-18(20(33)13-27)31-25(38)19-8-7-11-32(19)26(39)17(5)30-24(37)16(4)29-23(36)15(3)28-21(34)9-10-22(35)40-6/h14-19H,7-13H2,1-6H3,(H,28,34)(H,29,36)(H,30,37)(H,31,38)/t15-,16+,17-,18?,19-/m0/s1. The lowest BCUT2D eigenvalue weighted by atomic mass is 10.0. The number of rotatable bonds is 15. The number of esters is 1. The van der Waals surface area contributed by atoms with E-state index in [9.17, 15) is 33.6 Å². The van der Waals surface area contributed by atoms with Crippen molar-refractivity contribution >= 4 is 52.9 Å². The van der Waals surface area contributed by atoms with Crippen molar-refractivity contribution in [3.63, 3.8) is 0 Å². The molecule has 1 fully saturated rings. The van der Waals surface area contributed by atoms with Gasteiger partial charge in [-0.1, -0.05) is 13.8 Å². The van der Waals surface area contributed by atoms with Gasteiger partial charge in [-0.25, -0.2) is 0 Å². The van der Waals surface area contributed by atoms with Gasteiger partial charge in [0.05, 0.1) is 25.5 Å². The molecule has 1 unspecified atom stereocenters. The van der Waals surface area contributed by atoms with Crippen LogP contribution >= 0.6 is 11.6 Å². The number of nitrogens with zero attached hydrogens (tertiary/aromatic N) is 1. The summed E-state index contributed by atoms with van der Waals surface area (Å²) in [5.74, 6) is -3.67. The fourth-order valence-corrected chi connectivity index (χ4v) is 4.34. The predicted octanol–water partition coefficient (Wildman–Crippen LogP) is -0.216. The first kappa shape index (κ1) is 34.8. The van der Waals surface area contributed by atoms with Crippen LogP contribution in [0.1, 0.15) is 66.7 Å². The Labute approximate surface area is 239 Å². The number of carbonyl (C=O) groups excluding carboxylic acids is 7. The van der Waals surface area contributed by atoms with Crippen molar-refractivity contribution in [1.82, 2.24) is 26.2 Å². The van der Waals surface area contributed by atoms with E-state index >= 15 is 0 Å². The number of ether oxygens (including phenoxy) is 1. The largest absolute Gasteiger partial charge is 0.469 e. The van der Waals surface area contributed by atoms with Crippen LogP contribution in [0.15, 0.2) is 0 Å². The van der Waals surface area contributed by atoms with Crippen LogP contribution in [0.2, 0.25) is 0 Å². The smallest absolute Gasteiger partial charge is 0.306 e. The molecular formula is C26H42ClN5O8. The number of amides is 5. The van der Waals surface area contributed by atoms with Gasteiger partial charge in [0.25, 0.3) is 0 Å². The van der Waals surface area contributed by atoms with Crippen molar-refractivity contribution in [3.05, 3.63) is 0 Å². The summed E-state index contributed by atoms with van der Waals surface area (Å²) in [6.07, 6.45) is 1.13. The van der Waals surface area contributed by atoms with Gasteiger partial charge in [-0.3, -0.25) is 33.6 Å². The third kappa shape index (κ3) is 11.1. The summed E-state index contributed by atoms with van der Waals surface area (Å²) in [5, 5.41) is 10.2. The average molecular weight is 588 g/mol. The minimum absolute atomic E-state index is 0.134. The maximum absolute atomic E-state index is 13.1. The molecule has 1 aliphatic rings. The first-order valence-electron chi connectivity index (χ1n) is 13.4. The quantitative estimate of drug-likeness (QED) is 0.150. The molecule has 226 valence electrons. The number of methoxy groups -OCH3 is 1. The Morgan fingerprint density at radius 2 is 1.43 bits per heavy atom. The molecule has 0 aliphatic carbocycles. The second kappa shape index (κ2) is 16.8. The highest BCUT2D eigenvalue weighted by molar-refractivity contribution is 6.28. The molecule has 1 heterocycles. The van der Waals surface area contributed by atoms with Gasteiger partial charge in [0.15, 0.2) is 5.78 Å². The number of likely N-dealkylation sites (tertiary alicyclic amines) is 1. The summed E-state index contributed by atoms with van der Waals surface area (Å²) in [4.78, 5) is 87.8. The molecule has 0 aromatic carbocycles. The van der Waals surface area contributed by atoms with E-state index in [2.05, 4.69) is 26.0 Å². The highest BCUT2D eigenvalue weighted by Gasteiger charge is 2.38. The van der Waals surface area contributed by atoms with Gasteiger partial charge < -0.3 is 30.9 Å². The lowest BCUT2D eigenvalue weighted by Gasteiger charge is -2.29. The minimum Gasteiger partial charge on any atom is -0.469 e. The van der Waals surface area contributed by atoms with Crippen molar-refractivity contribution in [2.75, 3.05) is 19.5 Å². The molecule has 4 N–H and O–H groups in total. The van der Waals surface area contributed by atoms with E-state index in [-0.39, 0.29) is 30.4 Å². The first-order chi connectivity index (χ1) is 18.7. The molecule has 13 nitrogen and oxygen atoms in total. The summed E-state index contributed by atoms with van der Waals surface area (Å²) in [6, 6.07) is -4.54. The second-order valence-electron chi connectivity index (χ2n) is 10.3. The SMILES string of the molecule is COC(=O)CCC(=O)N[C@@H](C)C(=O)N[C@H](C)C(=O)N[C@@H](C)C(=O)N1CCC[C@H]1C(=O)NC(CC(C)C)C(=O)CCl. The van der Waals surface area contributed by atoms with Gasteiger partial charge in [0.2, 0.25) is 29.5 Å². The Morgan fingerprint density at radius 3 is 1.98 bits per heavy atom. The second-order valence-corrected chi connectivity index (χ2v) is 10.6. The Balaban J connectivity index is 2.67. The Hall–Kier alpha value is -3.22. The molecule has 0 aromatic rings. The van der Waals surface area contributed by atoms with Crippen molar-refractivity contribution in [2.45, 2.75) is 96.9 Å². The molecular weight excluding hydrogens is 546 g/mol. The monoisotopic (exact) mass is 587 g/mol. The molecule has 5 atom stereocenters. The molecule has 0 bridgehead atoms. The first-order valence-corrected chi connectivity index (χ1v) is 13.9. The zero-order valence-electron chi connectivity index (χ0n) is 24.0. The topological polar surface area (TPSA) is 180 Å². The summed E-state index contributed by atoms with van der Waals surface area (Å²) in [5.41, 5.74) is 0. The summed E-state index contributed by atoms with van der Waals surface area (Å²) in [7, 11) is 1.20. The van der Waals surface area contributed by atoms with Gasteiger partial charge in [-0.05, 0) is 46.0 Å². The summed E-state index contributed by atoms with van der Waals surface area (Å²) < 4.78 is 4.46. The Kier molecular flexibility index (Phi) is 14.6. The molecule has 0 aromatic heterocycles. The molecule has 0 saturated carbocycles. The van der Waals surface area contributed by atoms with E-state index in [1.54, 1.807) is 0 Å². The van der Waals surface area contributed by atoms with E-state index in [1.165, 1.54) is 32.8 Å². The average Bonchev–Trinajstić information content (AvgIpc) is 3.39. The van der Waals surface area contributed by atoms with Crippen LogP contribution in [0.3, 0.4) is 0 Å². The number of Topliss-reactive ketones (excluding diaryl/α,β-unsaturated/α-hetero) is 1. The fraction of sp³-hybridized carbons (Fsp3) is 0.731. The van der Waals surface area contributed by atoms with Crippen molar-refractivity contribution in [3.8, 4) is 0 Å². The van der Waals surface area contributed by atoms with Crippen molar-refractivity contribution in [1.29, 1.82) is 0 Å². The maximum atomic E-state index is 13.1. The van der Waals surface area contributed by atoms with Gasteiger partial charge >= 0.3 is 5.97 Å². The number of alkyl halides is 1. The Bertz CT molecular complexity index is 959. The molecule has 0 radical (unpaired) electrons.